The van der Waals surface area contributed by atoms with Gasteiger partial charge >= 0.3 is 6.18 Å². The van der Waals surface area contributed by atoms with Crippen LogP contribution in [0.25, 0.3) is 0 Å². The molecular weight excluding hydrogens is 442 g/mol. The van der Waals surface area contributed by atoms with Crippen LogP contribution >= 0.6 is 11.6 Å². The van der Waals surface area contributed by atoms with Crippen LogP contribution in [0, 0.1) is 12.7 Å². The number of carbonyl (C=O) groups is 3. The standard InChI is InChI=1S/C20H18ClF4N3O3/c1-9-15(17(29)19(31)26-10(2)20(23,24)25)14-4-3-7-28(14)16(9)18(30)27-11-5-6-13(22)12(21)8-11/h5-6,8,10H,3-4,7H2,1-2H3,(H,26,31)(H,27,30). The average Bonchev–Trinajstić information content (AvgIpc) is 3.22. The molecule has 2 amide bonds. The van der Waals surface area contributed by atoms with Crippen molar-refractivity contribution >= 4 is 34.9 Å². The molecule has 0 saturated carbocycles. The maximum atomic E-state index is 13.3. The van der Waals surface area contributed by atoms with E-state index in [-0.39, 0.29) is 27.5 Å². The Bertz CT molecular complexity index is 1080. The van der Waals surface area contributed by atoms with Crippen molar-refractivity contribution in [2.24, 2.45) is 0 Å². The normalized spacial score (nSPS) is 14.2. The Labute approximate surface area is 179 Å². The van der Waals surface area contributed by atoms with Crippen molar-refractivity contribution in [1.82, 2.24) is 9.88 Å². The van der Waals surface area contributed by atoms with Crippen molar-refractivity contribution < 1.29 is 31.9 Å². The van der Waals surface area contributed by atoms with Crippen LogP contribution in [0.4, 0.5) is 23.2 Å². The predicted octanol–water partition coefficient (Wildman–Crippen LogP) is 4.04. The van der Waals surface area contributed by atoms with Crippen molar-refractivity contribution in [3.8, 4) is 0 Å². The number of hydrogen-bond donors (Lipinski definition) is 2. The van der Waals surface area contributed by atoms with E-state index in [1.54, 1.807) is 9.88 Å². The molecule has 0 bridgehead atoms. The molecule has 1 aliphatic rings. The molecule has 1 aliphatic heterocycles. The summed E-state index contributed by atoms with van der Waals surface area (Å²) in [6.07, 6.45) is -3.71. The molecule has 2 N–H and O–H groups in total. The summed E-state index contributed by atoms with van der Waals surface area (Å²) in [5.41, 5.74) is 0.841. The maximum absolute atomic E-state index is 13.3. The van der Waals surface area contributed by atoms with Crippen LogP contribution < -0.4 is 10.6 Å². The average molecular weight is 460 g/mol. The number of halogens is 5. The summed E-state index contributed by atoms with van der Waals surface area (Å²) >= 11 is 5.72. The van der Waals surface area contributed by atoms with Crippen molar-refractivity contribution in [3.63, 3.8) is 0 Å². The molecule has 11 heteroatoms. The molecule has 0 aliphatic carbocycles. The topological polar surface area (TPSA) is 80.2 Å². The van der Waals surface area contributed by atoms with Gasteiger partial charge < -0.3 is 15.2 Å². The maximum Gasteiger partial charge on any atom is 0.408 e. The Morgan fingerprint density at radius 1 is 1.23 bits per heavy atom. The summed E-state index contributed by atoms with van der Waals surface area (Å²) in [4.78, 5) is 37.7. The van der Waals surface area contributed by atoms with Crippen molar-refractivity contribution in [3.05, 3.63) is 51.6 Å². The molecule has 2 aromatic rings. The molecule has 1 unspecified atom stereocenters. The highest BCUT2D eigenvalue weighted by Crippen LogP contribution is 2.30. The first-order chi connectivity index (χ1) is 14.4. The summed E-state index contributed by atoms with van der Waals surface area (Å²) in [5.74, 6) is -3.81. The number of nitrogens with one attached hydrogen (secondary N) is 2. The van der Waals surface area contributed by atoms with E-state index < -0.39 is 35.6 Å². The Hall–Kier alpha value is -2.88. The van der Waals surface area contributed by atoms with Gasteiger partial charge in [0.1, 0.15) is 17.6 Å². The molecule has 2 heterocycles. The zero-order valence-electron chi connectivity index (χ0n) is 16.5. The molecule has 1 aromatic heterocycles. The lowest BCUT2D eigenvalue weighted by Gasteiger charge is -2.16. The second kappa shape index (κ2) is 8.33. The highest BCUT2D eigenvalue weighted by molar-refractivity contribution is 6.43. The molecule has 166 valence electrons. The third-order valence-corrected chi connectivity index (χ3v) is 5.36. The van der Waals surface area contributed by atoms with Gasteiger partial charge in [0.2, 0.25) is 0 Å². The van der Waals surface area contributed by atoms with Gasteiger partial charge in [-0.1, -0.05) is 11.6 Å². The minimum atomic E-state index is -4.70. The molecule has 0 saturated heterocycles. The monoisotopic (exact) mass is 459 g/mol. The number of benzene rings is 1. The summed E-state index contributed by atoms with van der Waals surface area (Å²) < 4.78 is 53.1. The van der Waals surface area contributed by atoms with Gasteiger partial charge in [-0.05, 0) is 50.5 Å². The Morgan fingerprint density at radius 3 is 2.52 bits per heavy atom. The van der Waals surface area contributed by atoms with Crippen molar-refractivity contribution in [2.45, 2.75) is 45.5 Å². The number of hydrogen-bond acceptors (Lipinski definition) is 3. The van der Waals surface area contributed by atoms with Crippen molar-refractivity contribution in [1.29, 1.82) is 0 Å². The lowest BCUT2D eigenvalue weighted by atomic mass is 10.0. The first-order valence-electron chi connectivity index (χ1n) is 9.32. The molecule has 1 atom stereocenters. The van der Waals surface area contributed by atoms with E-state index in [4.69, 9.17) is 11.6 Å². The number of nitrogens with zero attached hydrogens (tertiary/aromatic N) is 1. The first kappa shape index (κ1) is 22.8. The number of aromatic nitrogens is 1. The fourth-order valence-electron chi connectivity index (χ4n) is 3.53. The van der Waals surface area contributed by atoms with Gasteiger partial charge in [0.05, 0.1) is 10.6 Å². The largest absolute Gasteiger partial charge is 0.408 e. The lowest BCUT2D eigenvalue weighted by Crippen LogP contribution is -2.46. The van der Waals surface area contributed by atoms with Gasteiger partial charge in [-0.15, -0.1) is 0 Å². The zero-order valence-corrected chi connectivity index (χ0v) is 17.2. The van der Waals surface area contributed by atoms with Crippen LogP contribution in [0.1, 0.15) is 45.4 Å². The van der Waals surface area contributed by atoms with Gasteiger partial charge in [-0.2, -0.15) is 13.2 Å². The second-order valence-corrected chi connectivity index (χ2v) is 7.61. The Balaban J connectivity index is 1.91. The minimum absolute atomic E-state index is 0.0772. The molecule has 3 rings (SSSR count). The molecule has 0 radical (unpaired) electrons. The van der Waals surface area contributed by atoms with E-state index in [1.165, 1.54) is 19.1 Å². The highest BCUT2D eigenvalue weighted by Gasteiger charge is 2.39. The summed E-state index contributed by atoms with van der Waals surface area (Å²) in [6.45, 7) is 2.58. The van der Waals surface area contributed by atoms with Gasteiger partial charge in [0, 0.05) is 17.9 Å². The van der Waals surface area contributed by atoms with Gasteiger partial charge in [-0.3, -0.25) is 14.4 Å². The van der Waals surface area contributed by atoms with E-state index in [0.717, 1.165) is 13.0 Å². The SMILES string of the molecule is Cc1c(C(=O)C(=O)NC(C)C(F)(F)F)c2n(c1C(=O)Nc1ccc(F)c(Cl)c1)CCC2. The van der Waals surface area contributed by atoms with E-state index in [9.17, 15) is 31.9 Å². The number of alkyl halides is 3. The summed E-state index contributed by atoms with van der Waals surface area (Å²) in [5, 5.41) is 4.02. The van der Waals surface area contributed by atoms with E-state index in [1.807, 2.05) is 0 Å². The highest BCUT2D eigenvalue weighted by atomic mass is 35.5. The number of anilines is 1. The van der Waals surface area contributed by atoms with Gasteiger partial charge in [0.25, 0.3) is 17.6 Å². The summed E-state index contributed by atoms with van der Waals surface area (Å²) in [6, 6.07) is 1.40. The quantitative estimate of drug-likeness (QED) is 0.402. The molecule has 0 fully saturated rings. The van der Waals surface area contributed by atoms with Crippen LogP contribution in [0.5, 0.6) is 0 Å². The van der Waals surface area contributed by atoms with E-state index in [2.05, 4.69) is 5.32 Å². The fourth-order valence-corrected chi connectivity index (χ4v) is 3.72. The van der Waals surface area contributed by atoms with E-state index in [0.29, 0.717) is 25.1 Å². The summed E-state index contributed by atoms with van der Waals surface area (Å²) in [7, 11) is 0. The number of fused-ring (bicyclic) bond motifs is 1. The van der Waals surface area contributed by atoms with Crippen molar-refractivity contribution in [2.75, 3.05) is 5.32 Å². The lowest BCUT2D eigenvalue weighted by molar-refractivity contribution is -0.156. The number of amides is 2. The fraction of sp³-hybridized carbons (Fsp3) is 0.350. The number of rotatable bonds is 5. The minimum Gasteiger partial charge on any atom is -0.340 e. The van der Waals surface area contributed by atoms with Crippen LogP contribution in [0.15, 0.2) is 18.2 Å². The van der Waals surface area contributed by atoms with Gasteiger partial charge in [-0.25, -0.2) is 4.39 Å². The third-order valence-electron chi connectivity index (χ3n) is 5.07. The molecule has 1 aromatic carbocycles. The molecule has 31 heavy (non-hydrogen) atoms. The molecular formula is C20H18ClF4N3O3. The van der Waals surface area contributed by atoms with E-state index >= 15 is 0 Å². The Morgan fingerprint density at radius 2 is 1.90 bits per heavy atom. The smallest absolute Gasteiger partial charge is 0.340 e. The number of Topliss-reactive ketones (excluding diaryl/α,β-unsaturated/α-hetero) is 1. The van der Waals surface area contributed by atoms with Crippen LogP contribution in [0.3, 0.4) is 0 Å². The first-order valence-corrected chi connectivity index (χ1v) is 9.69. The van der Waals surface area contributed by atoms with Crippen LogP contribution in [0.2, 0.25) is 5.02 Å². The third kappa shape index (κ3) is 4.43. The van der Waals surface area contributed by atoms with Crippen LogP contribution in [-0.4, -0.2) is 34.4 Å². The molecule has 0 spiro atoms. The van der Waals surface area contributed by atoms with Gasteiger partial charge in [0.15, 0.2) is 0 Å². The second-order valence-electron chi connectivity index (χ2n) is 7.20. The Kier molecular flexibility index (Phi) is 6.13. The predicted molar refractivity (Wildman–Crippen MR) is 105 cm³/mol. The zero-order chi connectivity index (χ0) is 23.1. The van der Waals surface area contributed by atoms with Crippen LogP contribution in [-0.2, 0) is 17.8 Å². The molecule has 6 nitrogen and oxygen atoms in total. The number of carbonyl (C=O) groups excluding carboxylic acids is 3. The number of ketones is 1.